The van der Waals surface area contributed by atoms with Gasteiger partial charge in [-0.1, -0.05) is 36.4 Å². The maximum Gasteiger partial charge on any atom is 0.204 e. The van der Waals surface area contributed by atoms with Crippen molar-refractivity contribution in [2.75, 3.05) is 0 Å². The number of hydrogen-bond acceptors (Lipinski definition) is 4. The first kappa shape index (κ1) is 15.0. The third-order valence-corrected chi connectivity index (χ3v) is 5.73. The average molecular weight is 355 g/mol. The van der Waals surface area contributed by atoms with Crippen molar-refractivity contribution in [2.45, 2.75) is 0 Å². The number of allylic oxidation sites excluding steroid dienone is 3. The lowest BCUT2D eigenvalue weighted by molar-refractivity contribution is -0.111. The van der Waals surface area contributed by atoms with Crippen LogP contribution in [0.1, 0.15) is 4.88 Å². The molecule has 1 N–H and O–H groups in total. The molecule has 0 atom stereocenters. The molecule has 0 saturated heterocycles. The molecule has 0 saturated carbocycles. The van der Waals surface area contributed by atoms with E-state index in [1.54, 1.807) is 12.3 Å². The van der Waals surface area contributed by atoms with Gasteiger partial charge < -0.3 is 5.11 Å². The first-order valence-electron chi connectivity index (χ1n) is 8.25. The lowest BCUT2D eigenvalue weighted by Gasteiger charge is -2.09. The number of rotatable bonds is 2. The number of carbonyl (C=O) groups excluding carboxylic acids is 1. The van der Waals surface area contributed by atoms with E-state index in [1.165, 1.54) is 11.3 Å². The lowest BCUT2D eigenvalue weighted by atomic mass is 9.98. The molecule has 2 aromatic carbocycles. The summed E-state index contributed by atoms with van der Waals surface area (Å²) in [6.07, 6.45) is 7.01. The predicted octanol–water partition coefficient (Wildman–Crippen LogP) is 3.06. The van der Waals surface area contributed by atoms with Gasteiger partial charge in [0.2, 0.25) is 5.78 Å². The fraction of sp³-hybridized carbons (Fsp3) is 0. The van der Waals surface area contributed by atoms with Gasteiger partial charge in [-0.25, -0.2) is 0 Å². The summed E-state index contributed by atoms with van der Waals surface area (Å²) < 4.78 is 0.992. The first-order chi connectivity index (χ1) is 12.7. The van der Waals surface area contributed by atoms with E-state index in [0.717, 1.165) is 31.7 Å². The van der Waals surface area contributed by atoms with Crippen molar-refractivity contribution < 1.29 is 9.90 Å². The third-order valence-electron chi connectivity index (χ3n) is 4.64. The SMILES string of the molecule is O=C1C=CC2=c3ccccc3=CC2=C1N=Cc1sc2ccccc2c1O. The normalized spacial score (nSPS) is 15.7. The van der Waals surface area contributed by atoms with Crippen molar-refractivity contribution in [1.82, 2.24) is 0 Å². The van der Waals surface area contributed by atoms with Crippen molar-refractivity contribution in [3.63, 3.8) is 0 Å². The molecule has 2 aliphatic carbocycles. The number of aliphatic imine (C=N–C) groups is 1. The number of aromatic hydroxyl groups is 1. The van der Waals surface area contributed by atoms with Crippen LogP contribution in [0.5, 0.6) is 5.75 Å². The Balaban J connectivity index is 1.65. The zero-order valence-electron chi connectivity index (χ0n) is 13.6. The summed E-state index contributed by atoms with van der Waals surface area (Å²) in [6.45, 7) is 0. The Morgan fingerprint density at radius 1 is 0.962 bits per heavy atom. The van der Waals surface area contributed by atoms with Gasteiger partial charge >= 0.3 is 0 Å². The second-order valence-corrected chi connectivity index (χ2v) is 7.26. The van der Waals surface area contributed by atoms with E-state index in [4.69, 9.17) is 0 Å². The Kier molecular flexibility index (Phi) is 3.27. The molecule has 3 aromatic rings. The minimum Gasteiger partial charge on any atom is -0.506 e. The van der Waals surface area contributed by atoms with Gasteiger partial charge in [-0.05, 0) is 46.4 Å². The zero-order chi connectivity index (χ0) is 17.7. The van der Waals surface area contributed by atoms with Crippen molar-refractivity contribution in [2.24, 2.45) is 4.99 Å². The van der Waals surface area contributed by atoms with E-state index in [2.05, 4.69) is 4.99 Å². The van der Waals surface area contributed by atoms with Crippen LogP contribution in [0.15, 0.2) is 76.9 Å². The number of benzene rings is 2. The number of fused-ring (bicyclic) bond motifs is 3. The zero-order valence-corrected chi connectivity index (χ0v) is 14.5. The number of thiophene rings is 1. The van der Waals surface area contributed by atoms with Crippen LogP contribution >= 0.6 is 11.3 Å². The van der Waals surface area contributed by atoms with Crippen LogP contribution in [0.3, 0.4) is 0 Å². The Bertz CT molecular complexity index is 1310. The van der Waals surface area contributed by atoms with Crippen molar-refractivity contribution >= 4 is 45.1 Å². The molecule has 124 valence electrons. The van der Waals surface area contributed by atoms with Crippen LogP contribution in [0, 0.1) is 0 Å². The molecule has 0 fully saturated rings. The minimum atomic E-state index is -0.121. The van der Waals surface area contributed by atoms with Gasteiger partial charge in [0.05, 0.1) is 4.88 Å². The molecule has 0 aliphatic heterocycles. The second kappa shape index (κ2) is 5.64. The summed E-state index contributed by atoms with van der Waals surface area (Å²) in [7, 11) is 0. The van der Waals surface area contributed by atoms with Gasteiger partial charge in [-0.15, -0.1) is 11.3 Å². The maximum absolute atomic E-state index is 12.4. The molecular weight excluding hydrogens is 342 g/mol. The molecule has 0 amide bonds. The highest BCUT2D eigenvalue weighted by molar-refractivity contribution is 7.21. The molecule has 1 aromatic heterocycles. The molecule has 0 radical (unpaired) electrons. The molecule has 2 aliphatic rings. The molecule has 1 heterocycles. The van der Waals surface area contributed by atoms with Gasteiger partial charge in [0.25, 0.3) is 0 Å². The van der Waals surface area contributed by atoms with E-state index in [9.17, 15) is 9.90 Å². The van der Waals surface area contributed by atoms with E-state index in [0.29, 0.717) is 10.6 Å². The van der Waals surface area contributed by atoms with Crippen LogP contribution in [0.25, 0.3) is 21.7 Å². The highest BCUT2D eigenvalue weighted by Gasteiger charge is 2.21. The van der Waals surface area contributed by atoms with Gasteiger partial charge in [0.15, 0.2) is 0 Å². The van der Waals surface area contributed by atoms with Crippen LogP contribution < -0.4 is 10.4 Å². The molecule has 4 heteroatoms. The van der Waals surface area contributed by atoms with Gasteiger partial charge in [0, 0.05) is 21.9 Å². The number of nitrogens with zero attached hydrogens (tertiary/aromatic N) is 1. The predicted molar refractivity (Wildman–Crippen MR) is 106 cm³/mol. The third kappa shape index (κ3) is 2.20. The molecule has 3 nitrogen and oxygen atoms in total. The minimum absolute atomic E-state index is 0.121. The van der Waals surface area contributed by atoms with Crippen LogP contribution in [0.2, 0.25) is 0 Å². The molecule has 0 spiro atoms. The topological polar surface area (TPSA) is 49.7 Å². The summed E-state index contributed by atoms with van der Waals surface area (Å²) >= 11 is 1.46. The lowest BCUT2D eigenvalue weighted by Crippen LogP contribution is -2.21. The number of carbonyl (C=O) groups is 1. The largest absolute Gasteiger partial charge is 0.506 e. The number of ketones is 1. The van der Waals surface area contributed by atoms with Crippen LogP contribution in [-0.4, -0.2) is 17.1 Å². The standard InChI is InChI=1S/C22H13NO2S/c24-18-10-9-15-14-6-2-1-5-13(14)11-17(15)21(18)23-12-20-22(25)16-7-3-4-8-19(16)26-20/h1-12,25H. The summed E-state index contributed by atoms with van der Waals surface area (Å²) in [5.41, 5.74) is 2.28. The summed E-state index contributed by atoms with van der Waals surface area (Å²) in [5.74, 6) is 0.0892. The summed E-state index contributed by atoms with van der Waals surface area (Å²) in [4.78, 5) is 17.5. The van der Waals surface area contributed by atoms with Gasteiger partial charge in [0.1, 0.15) is 11.4 Å². The Morgan fingerprint density at radius 3 is 2.65 bits per heavy atom. The van der Waals surface area contributed by atoms with Gasteiger partial charge in [-0.2, -0.15) is 0 Å². The fourth-order valence-electron chi connectivity index (χ4n) is 3.39. The Morgan fingerprint density at radius 2 is 1.77 bits per heavy atom. The summed E-state index contributed by atoms with van der Waals surface area (Å²) in [5, 5.41) is 13.4. The Labute approximate surface area is 153 Å². The fourth-order valence-corrected chi connectivity index (χ4v) is 4.36. The highest BCUT2D eigenvalue weighted by atomic mass is 32.1. The maximum atomic E-state index is 12.4. The molecule has 0 bridgehead atoms. The quantitative estimate of drug-likeness (QED) is 0.718. The van der Waals surface area contributed by atoms with Crippen molar-refractivity contribution in [1.29, 1.82) is 0 Å². The Hall–Kier alpha value is -3.24. The molecule has 5 rings (SSSR count). The average Bonchev–Trinajstić information content (AvgIpc) is 3.19. The van der Waals surface area contributed by atoms with Gasteiger partial charge in [-0.3, -0.25) is 9.79 Å². The van der Waals surface area contributed by atoms with E-state index in [-0.39, 0.29) is 11.5 Å². The molecular formula is C22H13NO2S. The van der Waals surface area contributed by atoms with Crippen LogP contribution in [-0.2, 0) is 4.79 Å². The molecule has 0 unspecified atom stereocenters. The smallest absolute Gasteiger partial charge is 0.204 e. The highest BCUT2D eigenvalue weighted by Crippen LogP contribution is 2.36. The van der Waals surface area contributed by atoms with Crippen molar-refractivity contribution in [3.05, 3.63) is 87.3 Å². The van der Waals surface area contributed by atoms with Crippen LogP contribution in [0.4, 0.5) is 0 Å². The van der Waals surface area contributed by atoms with Crippen molar-refractivity contribution in [3.8, 4) is 5.75 Å². The van der Waals surface area contributed by atoms with E-state index < -0.39 is 0 Å². The van der Waals surface area contributed by atoms with E-state index in [1.807, 2.05) is 60.7 Å². The second-order valence-electron chi connectivity index (χ2n) is 6.17. The first-order valence-corrected chi connectivity index (χ1v) is 9.07. The molecule has 26 heavy (non-hydrogen) atoms. The van der Waals surface area contributed by atoms with E-state index >= 15 is 0 Å². The monoisotopic (exact) mass is 355 g/mol. The number of hydrogen-bond donors (Lipinski definition) is 1. The summed E-state index contributed by atoms with van der Waals surface area (Å²) in [6, 6.07) is 15.7.